The lowest BCUT2D eigenvalue weighted by atomic mass is 10.1. The topological polar surface area (TPSA) is 33.5 Å². The van der Waals surface area contributed by atoms with Crippen molar-refractivity contribution in [1.29, 1.82) is 5.26 Å². The lowest BCUT2D eigenvalue weighted by molar-refractivity contribution is 0.133. The molecule has 0 bridgehead atoms. The van der Waals surface area contributed by atoms with E-state index in [1.807, 2.05) is 6.07 Å². The number of halogens is 3. The Bertz CT molecular complexity index is 1110. The number of hydrogen-bond donors (Lipinski definition) is 0. The molecule has 4 rings (SSSR count). The van der Waals surface area contributed by atoms with Gasteiger partial charge in [0.25, 0.3) is 0 Å². The molecule has 1 heterocycles. The highest BCUT2D eigenvalue weighted by molar-refractivity contribution is 14.1. The van der Waals surface area contributed by atoms with Gasteiger partial charge in [-0.1, -0.05) is 6.07 Å². The van der Waals surface area contributed by atoms with Crippen molar-refractivity contribution in [3.63, 3.8) is 0 Å². The number of nitriles is 1. The fourth-order valence-electron chi connectivity index (χ4n) is 4.46. The molecule has 0 radical (unpaired) electrons. The molecule has 188 valence electrons. The molecular formula is C28H29F2IN4S. The van der Waals surface area contributed by atoms with Gasteiger partial charge < -0.3 is 14.7 Å². The molecular weight excluding hydrogens is 589 g/mol. The third-order valence-corrected chi connectivity index (χ3v) is 8.39. The van der Waals surface area contributed by atoms with Crippen LogP contribution in [0.25, 0.3) is 0 Å². The van der Waals surface area contributed by atoms with Crippen LogP contribution in [-0.2, 0) is 6.42 Å². The maximum absolute atomic E-state index is 13.5. The Morgan fingerprint density at radius 2 is 1.39 bits per heavy atom. The molecule has 0 saturated carbocycles. The Labute approximate surface area is 230 Å². The van der Waals surface area contributed by atoms with Gasteiger partial charge in [0.2, 0.25) is 0 Å². The molecule has 1 fully saturated rings. The lowest BCUT2D eigenvalue weighted by Crippen LogP contribution is -2.47. The first-order chi connectivity index (χ1) is 17.5. The normalized spacial score (nSPS) is 14.5. The van der Waals surface area contributed by atoms with Gasteiger partial charge in [0.1, 0.15) is 17.0 Å². The van der Waals surface area contributed by atoms with Crippen molar-refractivity contribution in [1.82, 2.24) is 9.80 Å². The summed E-state index contributed by atoms with van der Waals surface area (Å²) < 4.78 is 28.0. The SMILES string of the molecule is N#CSc1ccc(CCN2CCN(CCCN(c3ccc(F)cc3)c3ccc(F)cc3)CC2)cc1I. The van der Waals surface area contributed by atoms with Crippen molar-refractivity contribution in [2.45, 2.75) is 17.7 Å². The first-order valence-electron chi connectivity index (χ1n) is 12.1. The van der Waals surface area contributed by atoms with E-state index in [1.54, 1.807) is 24.3 Å². The molecule has 1 aliphatic rings. The average Bonchev–Trinajstić information content (AvgIpc) is 2.89. The van der Waals surface area contributed by atoms with Gasteiger partial charge in [0.05, 0.1) is 0 Å². The van der Waals surface area contributed by atoms with Crippen LogP contribution in [0.3, 0.4) is 0 Å². The molecule has 1 aliphatic heterocycles. The highest BCUT2D eigenvalue weighted by Crippen LogP contribution is 2.27. The minimum Gasteiger partial charge on any atom is -0.341 e. The molecule has 1 saturated heterocycles. The second-order valence-electron chi connectivity index (χ2n) is 8.85. The third kappa shape index (κ3) is 7.65. The molecule has 0 amide bonds. The first-order valence-corrected chi connectivity index (χ1v) is 14.0. The number of thioether (sulfide) groups is 1. The van der Waals surface area contributed by atoms with Gasteiger partial charge in [0.15, 0.2) is 0 Å². The van der Waals surface area contributed by atoms with E-state index in [1.165, 1.54) is 41.6 Å². The molecule has 36 heavy (non-hydrogen) atoms. The Morgan fingerprint density at radius 3 is 1.92 bits per heavy atom. The van der Waals surface area contributed by atoms with Gasteiger partial charge in [-0.3, -0.25) is 0 Å². The summed E-state index contributed by atoms with van der Waals surface area (Å²) in [5.41, 5.74) is 3.12. The highest BCUT2D eigenvalue weighted by Gasteiger charge is 2.17. The minimum atomic E-state index is -0.263. The lowest BCUT2D eigenvalue weighted by Gasteiger charge is -2.35. The summed E-state index contributed by atoms with van der Waals surface area (Å²) in [4.78, 5) is 8.16. The van der Waals surface area contributed by atoms with Crippen LogP contribution in [0.2, 0.25) is 0 Å². The van der Waals surface area contributed by atoms with Crippen molar-refractivity contribution in [3.8, 4) is 5.40 Å². The molecule has 0 aliphatic carbocycles. The van der Waals surface area contributed by atoms with Gasteiger partial charge in [-0.25, -0.2) is 8.78 Å². The molecule has 0 aromatic heterocycles. The standard InChI is InChI=1S/C28H29F2IN4S/c29-23-3-7-25(8-4-23)35(26-9-5-24(30)6-10-26)14-1-13-33-16-18-34(19-17-33)15-12-22-2-11-28(36-21-32)27(31)20-22/h2-11,20H,1,12-19H2. The Balaban J connectivity index is 1.24. The van der Waals surface area contributed by atoms with Crippen LogP contribution in [0, 0.1) is 25.9 Å². The Hall–Kier alpha value is -2.19. The third-order valence-electron chi connectivity index (χ3n) is 6.47. The van der Waals surface area contributed by atoms with Crippen molar-refractivity contribution < 1.29 is 8.78 Å². The summed E-state index contributed by atoms with van der Waals surface area (Å²) in [6.45, 7) is 7.00. The number of piperazine rings is 1. The maximum atomic E-state index is 13.5. The predicted molar refractivity (Wildman–Crippen MR) is 152 cm³/mol. The minimum absolute atomic E-state index is 0.263. The van der Waals surface area contributed by atoms with Gasteiger partial charge in [0, 0.05) is 59.1 Å². The monoisotopic (exact) mass is 618 g/mol. The van der Waals surface area contributed by atoms with E-state index in [0.717, 1.165) is 78.5 Å². The fraction of sp³-hybridized carbons (Fsp3) is 0.321. The molecule has 0 unspecified atom stereocenters. The molecule has 4 nitrogen and oxygen atoms in total. The van der Waals surface area contributed by atoms with E-state index in [2.05, 4.69) is 54.8 Å². The second kappa shape index (κ2) is 13.4. The summed E-state index contributed by atoms with van der Waals surface area (Å²) in [7, 11) is 0. The van der Waals surface area contributed by atoms with Crippen molar-refractivity contribution >= 4 is 45.7 Å². The van der Waals surface area contributed by atoms with Crippen LogP contribution in [0.5, 0.6) is 0 Å². The summed E-state index contributed by atoms with van der Waals surface area (Å²) in [6, 6.07) is 19.3. The van der Waals surface area contributed by atoms with E-state index >= 15 is 0 Å². The number of rotatable bonds is 10. The number of benzene rings is 3. The zero-order valence-electron chi connectivity index (χ0n) is 20.0. The smallest absolute Gasteiger partial charge is 0.138 e. The van der Waals surface area contributed by atoms with Gasteiger partial charge in [-0.15, -0.1) is 0 Å². The Morgan fingerprint density at radius 1 is 0.833 bits per heavy atom. The van der Waals surface area contributed by atoms with Crippen LogP contribution in [0.4, 0.5) is 20.2 Å². The molecule has 0 spiro atoms. The van der Waals surface area contributed by atoms with Crippen LogP contribution >= 0.6 is 34.4 Å². The molecule has 0 N–H and O–H groups in total. The maximum Gasteiger partial charge on any atom is 0.138 e. The van der Waals surface area contributed by atoms with E-state index < -0.39 is 0 Å². The van der Waals surface area contributed by atoms with E-state index in [9.17, 15) is 8.78 Å². The van der Waals surface area contributed by atoms with Gasteiger partial charge in [-0.2, -0.15) is 5.26 Å². The zero-order valence-corrected chi connectivity index (χ0v) is 23.0. The summed E-state index contributed by atoms with van der Waals surface area (Å²) in [5, 5.41) is 11.0. The van der Waals surface area contributed by atoms with Crippen LogP contribution in [0.1, 0.15) is 12.0 Å². The Kier molecular flexibility index (Phi) is 9.98. The predicted octanol–water partition coefficient (Wildman–Crippen LogP) is 6.53. The van der Waals surface area contributed by atoms with E-state index in [-0.39, 0.29) is 11.6 Å². The second-order valence-corrected chi connectivity index (χ2v) is 10.8. The molecule has 8 heteroatoms. The van der Waals surface area contributed by atoms with Crippen molar-refractivity contribution in [2.75, 3.05) is 50.7 Å². The van der Waals surface area contributed by atoms with Crippen molar-refractivity contribution in [2.24, 2.45) is 0 Å². The number of anilines is 2. The summed E-state index contributed by atoms with van der Waals surface area (Å²) in [5.74, 6) is -0.527. The zero-order chi connectivity index (χ0) is 25.3. The number of nitrogens with zero attached hydrogens (tertiary/aromatic N) is 4. The average molecular weight is 619 g/mol. The molecule has 3 aromatic rings. The number of thiocyanates is 1. The van der Waals surface area contributed by atoms with Crippen LogP contribution < -0.4 is 4.90 Å². The first kappa shape index (κ1) is 26.9. The van der Waals surface area contributed by atoms with Gasteiger partial charge >= 0.3 is 0 Å². The van der Waals surface area contributed by atoms with E-state index in [0.29, 0.717) is 0 Å². The quantitative estimate of drug-likeness (QED) is 0.147. The largest absolute Gasteiger partial charge is 0.341 e. The van der Waals surface area contributed by atoms with E-state index in [4.69, 9.17) is 5.26 Å². The molecule has 0 atom stereocenters. The van der Waals surface area contributed by atoms with Crippen LogP contribution in [0.15, 0.2) is 71.6 Å². The highest BCUT2D eigenvalue weighted by atomic mass is 127. The summed E-state index contributed by atoms with van der Waals surface area (Å²) >= 11 is 3.52. The number of hydrogen-bond acceptors (Lipinski definition) is 5. The van der Waals surface area contributed by atoms with Gasteiger partial charge in [-0.05, 0) is 120 Å². The fourth-order valence-corrected chi connectivity index (χ4v) is 5.76. The van der Waals surface area contributed by atoms with Crippen LogP contribution in [-0.4, -0.2) is 55.6 Å². The van der Waals surface area contributed by atoms with Crippen molar-refractivity contribution in [3.05, 3.63) is 87.5 Å². The summed E-state index contributed by atoms with van der Waals surface area (Å²) in [6.07, 6.45) is 1.97. The molecule has 3 aromatic carbocycles.